The quantitative estimate of drug-likeness (QED) is 0.904. The minimum atomic E-state index is -3.25. The van der Waals surface area contributed by atoms with Crippen molar-refractivity contribution in [3.8, 4) is 5.75 Å². The van der Waals surface area contributed by atoms with E-state index >= 15 is 0 Å². The second-order valence-corrected chi connectivity index (χ2v) is 8.46. The molecule has 1 amide bonds. The van der Waals surface area contributed by atoms with Gasteiger partial charge in [0.1, 0.15) is 5.75 Å². The lowest BCUT2D eigenvalue weighted by Gasteiger charge is -2.23. The molecule has 1 aromatic carbocycles. The van der Waals surface area contributed by atoms with Gasteiger partial charge in [-0.05, 0) is 37.5 Å². The van der Waals surface area contributed by atoms with Crippen LogP contribution in [0.5, 0.6) is 5.75 Å². The first-order valence-corrected chi connectivity index (χ1v) is 10.1. The average Bonchev–Trinajstić information content (AvgIpc) is 2.95. The Labute approximate surface area is 143 Å². The van der Waals surface area contributed by atoms with Gasteiger partial charge in [-0.1, -0.05) is 19.3 Å². The summed E-state index contributed by atoms with van der Waals surface area (Å²) in [5, 5.41) is 2.94. The van der Waals surface area contributed by atoms with Crippen LogP contribution in [-0.4, -0.2) is 33.7 Å². The first kappa shape index (κ1) is 17.1. The molecule has 7 heteroatoms. The van der Waals surface area contributed by atoms with Crippen molar-refractivity contribution in [2.45, 2.75) is 38.5 Å². The highest BCUT2D eigenvalue weighted by Gasteiger charge is 2.29. The van der Waals surface area contributed by atoms with Gasteiger partial charge in [0.05, 0.1) is 24.2 Å². The van der Waals surface area contributed by atoms with E-state index in [4.69, 9.17) is 4.74 Å². The van der Waals surface area contributed by atoms with Crippen LogP contribution in [0, 0.1) is 5.92 Å². The predicted molar refractivity (Wildman–Crippen MR) is 93.9 cm³/mol. The van der Waals surface area contributed by atoms with Crippen molar-refractivity contribution in [1.82, 2.24) is 0 Å². The highest BCUT2D eigenvalue weighted by Crippen LogP contribution is 2.34. The Bertz CT molecular complexity index is 711. The molecule has 1 N–H and O–H groups in total. The van der Waals surface area contributed by atoms with E-state index < -0.39 is 10.0 Å². The number of methoxy groups -OCH3 is 1. The van der Waals surface area contributed by atoms with Crippen LogP contribution in [0.4, 0.5) is 11.4 Å². The summed E-state index contributed by atoms with van der Waals surface area (Å²) >= 11 is 0. The zero-order chi connectivity index (χ0) is 17.2. The lowest BCUT2D eigenvalue weighted by atomic mass is 9.88. The Morgan fingerprint density at radius 2 is 1.96 bits per heavy atom. The zero-order valence-electron chi connectivity index (χ0n) is 14.0. The van der Waals surface area contributed by atoms with Gasteiger partial charge in [0.15, 0.2) is 0 Å². The van der Waals surface area contributed by atoms with Crippen LogP contribution in [0.3, 0.4) is 0 Å². The molecule has 132 valence electrons. The predicted octanol–water partition coefficient (Wildman–Crippen LogP) is 2.75. The Kier molecular flexibility index (Phi) is 4.99. The van der Waals surface area contributed by atoms with E-state index in [9.17, 15) is 13.2 Å². The third-order valence-electron chi connectivity index (χ3n) is 4.80. The van der Waals surface area contributed by atoms with Crippen LogP contribution in [-0.2, 0) is 14.8 Å². The smallest absolute Gasteiger partial charge is 0.235 e. The molecule has 0 aromatic heterocycles. The molecule has 0 bridgehead atoms. The van der Waals surface area contributed by atoms with Crippen LogP contribution in [0.25, 0.3) is 0 Å². The van der Waals surface area contributed by atoms with Crippen molar-refractivity contribution in [3.63, 3.8) is 0 Å². The third kappa shape index (κ3) is 3.50. The summed E-state index contributed by atoms with van der Waals surface area (Å²) in [6.45, 7) is 0.477. The lowest BCUT2D eigenvalue weighted by molar-refractivity contribution is -0.120. The topological polar surface area (TPSA) is 75.7 Å². The van der Waals surface area contributed by atoms with Gasteiger partial charge in [0.2, 0.25) is 15.9 Å². The lowest BCUT2D eigenvalue weighted by Crippen LogP contribution is -2.26. The molecule has 1 aliphatic carbocycles. The van der Waals surface area contributed by atoms with Gasteiger partial charge >= 0.3 is 0 Å². The van der Waals surface area contributed by atoms with Gasteiger partial charge in [0.25, 0.3) is 0 Å². The molecule has 24 heavy (non-hydrogen) atoms. The number of hydrogen-bond donors (Lipinski definition) is 1. The summed E-state index contributed by atoms with van der Waals surface area (Å²) in [5.41, 5.74) is 1.11. The summed E-state index contributed by atoms with van der Waals surface area (Å²) in [7, 11) is -1.71. The largest absolute Gasteiger partial charge is 0.495 e. The van der Waals surface area contributed by atoms with E-state index in [1.54, 1.807) is 18.2 Å². The third-order valence-corrected chi connectivity index (χ3v) is 6.67. The van der Waals surface area contributed by atoms with Gasteiger partial charge in [-0.25, -0.2) is 8.42 Å². The van der Waals surface area contributed by atoms with E-state index in [-0.39, 0.29) is 17.6 Å². The van der Waals surface area contributed by atoms with Crippen molar-refractivity contribution in [2.24, 2.45) is 5.92 Å². The van der Waals surface area contributed by atoms with Crippen LogP contribution >= 0.6 is 0 Å². The number of benzene rings is 1. The summed E-state index contributed by atoms with van der Waals surface area (Å²) in [6, 6.07) is 5.13. The molecule has 0 unspecified atom stereocenters. The summed E-state index contributed by atoms with van der Waals surface area (Å²) in [4.78, 5) is 12.5. The van der Waals surface area contributed by atoms with Crippen molar-refractivity contribution in [2.75, 3.05) is 29.0 Å². The molecule has 0 atom stereocenters. The Morgan fingerprint density at radius 1 is 1.21 bits per heavy atom. The summed E-state index contributed by atoms with van der Waals surface area (Å²) < 4.78 is 30.9. The number of sulfonamides is 1. The maximum Gasteiger partial charge on any atom is 0.235 e. The molecular weight excluding hydrogens is 328 g/mol. The zero-order valence-corrected chi connectivity index (χ0v) is 14.8. The van der Waals surface area contributed by atoms with Crippen LogP contribution < -0.4 is 14.4 Å². The van der Waals surface area contributed by atoms with E-state index in [0.717, 1.165) is 25.7 Å². The van der Waals surface area contributed by atoms with Gasteiger partial charge in [-0.2, -0.15) is 0 Å². The summed E-state index contributed by atoms with van der Waals surface area (Å²) in [6.07, 6.45) is 5.80. The second-order valence-electron chi connectivity index (χ2n) is 6.45. The number of rotatable bonds is 4. The van der Waals surface area contributed by atoms with Crippen LogP contribution in [0.2, 0.25) is 0 Å². The highest BCUT2D eigenvalue weighted by atomic mass is 32.2. The minimum absolute atomic E-state index is 0.00516. The number of hydrogen-bond acceptors (Lipinski definition) is 4. The van der Waals surface area contributed by atoms with E-state index in [0.29, 0.717) is 30.1 Å². The molecular formula is C17H24N2O4S. The molecule has 1 saturated heterocycles. The minimum Gasteiger partial charge on any atom is -0.495 e. The fourth-order valence-corrected chi connectivity index (χ4v) is 5.03. The van der Waals surface area contributed by atoms with Gasteiger partial charge in [0, 0.05) is 12.5 Å². The monoisotopic (exact) mass is 352 g/mol. The number of anilines is 2. The maximum absolute atomic E-state index is 12.5. The van der Waals surface area contributed by atoms with Gasteiger partial charge in [-0.15, -0.1) is 0 Å². The normalized spacial score (nSPS) is 20.8. The molecule has 3 rings (SSSR count). The fraction of sp³-hybridized carbons (Fsp3) is 0.588. The standard InChI is InChI=1S/C17H24N2O4S/c1-23-16-9-8-14(19-10-5-11-24(19,21)22)12-15(16)18-17(20)13-6-3-2-4-7-13/h8-9,12-13H,2-7,10-11H2,1H3,(H,18,20). The SMILES string of the molecule is COc1ccc(N2CCCS2(=O)=O)cc1NC(=O)C1CCCCC1. The second kappa shape index (κ2) is 7.01. The molecule has 0 radical (unpaired) electrons. The number of nitrogens with one attached hydrogen (secondary N) is 1. The first-order valence-electron chi connectivity index (χ1n) is 8.50. The highest BCUT2D eigenvalue weighted by molar-refractivity contribution is 7.93. The molecule has 0 spiro atoms. The van der Waals surface area contributed by atoms with E-state index in [1.165, 1.54) is 17.8 Å². The maximum atomic E-state index is 12.5. The number of ether oxygens (including phenoxy) is 1. The number of amides is 1. The van der Waals surface area contributed by atoms with Gasteiger partial charge in [-0.3, -0.25) is 9.10 Å². The number of carbonyl (C=O) groups excluding carboxylic acids is 1. The van der Waals surface area contributed by atoms with Crippen molar-refractivity contribution in [1.29, 1.82) is 0 Å². The molecule has 2 fully saturated rings. The molecule has 6 nitrogen and oxygen atoms in total. The van der Waals surface area contributed by atoms with Crippen molar-refractivity contribution >= 4 is 27.3 Å². The van der Waals surface area contributed by atoms with Crippen LogP contribution in [0.1, 0.15) is 38.5 Å². The molecule has 1 aromatic rings. The first-order chi connectivity index (χ1) is 11.5. The van der Waals surface area contributed by atoms with Gasteiger partial charge < -0.3 is 10.1 Å². The molecule has 1 saturated carbocycles. The average molecular weight is 352 g/mol. The van der Waals surface area contributed by atoms with E-state index in [1.807, 2.05) is 0 Å². The Morgan fingerprint density at radius 3 is 2.58 bits per heavy atom. The number of carbonyl (C=O) groups is 1. The Hall–Kier alpha value is -1.76. The summed E-state index contributed by atoms with van der Waals surface area (Å²) in [5.74, 6) is 0.736. The Balaban J connectivity index is 1.83. The fourth-order valence-electron chi connectivity index (χ4n) is 3.48. The number of nitrogens with zero attached hydrogens (tertiary/aromatic N) is 1. The molecule has 1 heterocycles. The van der Waals surface area contributed by atoms with Crippen LogP contribution in [0.15, 0.2) is 18.2 Å². The van der Waals surface area contributed by atoms with Crippen molar-refractivity contribution < 1.29 is 17.9 Å². The molecule has 1 aliphatic heterocycles. The van der Waals surface area contributed by atoms with Crippen molar-refractivity contribution in [3.05, 3.63) is 18.2 Å². The van der Waals surface area contributed by atoms with E-state index in [2.05, 4.69) is 5.32 Å². The molecule has 2 aliphatic rings.